The van der Waals surface area contributed by atoms with Gasteiger partial charge in [0.05, 0.1) is 5.69 Å². The quantitative estimate of drug-likeness (QED) is 0.371. The Hall–Kier alpha value is -3.64. The Balaban J connectivity index is 1.27. The van der Waals surface area contributed by atoms with E-state index in [0.717, 1.165) is 35.7 Å². The molecule has 3 N–H and O–H groups in total. The van der Waals surface area contributed by atoms with Gasteiger partial charge in [0.1, 0.15) is 0 Å². The third-order valence-electron chi connectivity index (χ3n) is 7.42. The van der Waals surface area contributed by atoms with Gasteiger partial charge in [-0.3, -0.25) is 9.59 Å². The number of aryl methyl sites for hydroxylation is 1. The third kappa shape index (κ3) is 5.14. The summed E-state index contributed by atoms with van der Waals surface area (Å²) >= 11 is 0. The van der Waals surface area contributed by atoms with Crippen LogP contribution in [0.2, 0.25) is 0 Å². The maximum atomic E-state index is 13.0. The number of ketones is 1. The molecule has 0 spiro atoms. The average molecular weight is 483 g/mol. The van der Waals surface area contributed by atoms with E-state index in [1.807, 2.05) is 48.5 Å². The zero-order valence-corrected chi connectivity index (χ0v) is 21.1. The fourth-order valence-electron chi connectivity index (χ4n) is 5.14. The van der Waals surface area contributed by atoms with E-state index in [1.165, 1.54) is 37.1 Å². The Kier molecular flexibility index (Phi) is 7.05. The van der Waals surface area contributed by atoms with E-state index < -0.39 is 0 Å². The minimum absolute atomic E-state index is 0.0717. The Bertz CT molecular complexity index is 1280. The standard InChI is InChI=1S/C30H34N4O2/c1-20-6-5-7-25(21(20)2)32-26-13-14-27(29-24(26)12-15-28(29)35)33-30(36)22-8-10-23(11-9-22)31-16-19-34-17-3-4-18-34/h5-11,13-14,31-32H,3-4,12,15-19H2,1-2H3,(H,33,36). The fourth-order valence-corrected chi connectivity index (χ4v) is 5.14. The summed E-state index contributed by atoms with van der Waals surface area (Å²) in [6, 6.07) is 17.5. The Morgan fingerprint density at radius 2 is 1.64 bits per heavy atom. The van der Waals surface area contributed by atoms with Gasteiger partial charge in [0.15, 0.2) is 5.78 Å². The number of carbonyl (C=O) groups excluding carboxylic acids is 2. The molecule has 0 radical (unpaired) electrons. The first kappa shape index (κ1) is 24.1. The van der Waals surface area contributed by atoms with Crippen molar-refractivity contribution < 1.29 is 9.59 Å². The van der Waals surface area contributed by atoms with Crippen molar-refractivity contribution in [1.29, 1.82) is 0 Å². The largest absolute Gasteiger partial charge is 0.384 e. The number of benzene rings is 3. The van der Waals surface area contributed by atoms with Crippen LogP contribution in [-0.2, 0) is 6.42 Å². The molecule has 2 aliphatic rings. The Morgan fingerprint density at radius 3 is 2.42 bits per heavy atom. The molecule has 0 atom stereocenters. The molecule has 3 aromatic carbocycles. The van der Waals surface area contributed by atoms with Gasteiger partial charge in [-0.1, -0.05) is 12.1 Å². The zero-order valence-electron chi connectivity index (χ0n) is 21.1. The molecule has 1 saturated heterocycles. The van der Waals surface area contributed by atoms with Crippen LogP contribution >= 0.6 is 0 Å². The van der Waals surface area contributed by atoms with Crippen molar-refractivity contribution in [2.45, 2.75) is 39.5 Å². The number of amides is 1. The molecule has 3 aromatic rings. The highest BCUT2D eigenvalue weighted by Crippen LogP contribution is 2.37. The monoisotopic (exact) mass is 482 g/mol. The lowest BCUT2D eigenvalue weighted by molar-refractivity contribution is 0.0995. The van der Waals surface area contributed by atoms with E-state index in [9.17, 15) is 9.59 Å². The van der Waals surface area contributed by atoms with Crippen LogP contribution in [0, 0.1) is 13.8 Å². The van der Waals surface area contributed by atoms with Gasteiger partial charge in [-0.25, -0.2) is 0 Å². The predicted octanol–water partition coefficient (Wildman–Crippen LogP) is 5.94. The van der Waals surface area contributed by atoms with Crippen molar-refractivity contribution in [1.82, 2.24) is 4.90 Å². The van der Waals surface area contributed by atoms with Gasteiger partial charge in [0.25, 0.3) is 5.91 Å². The highest BCUT2D eigenvalue weighted by molar-refractivity contribution is 6.12. The number of hydrogen-bond donors (Lipinski definition) is 3. The molecular formula is C30H34N4O2. The first-order valence-electron chi connectivity index (χ1n) is 12.9. The summed E-state index contributed by atoms with van der Waals surface area (Å²) in [5.41, 5.74) is 8.09. The highest BCUT2D eigenvalue weighted by atomic mass is 16.2. The van der Waals surface area contributed by atoms with E-state index in [-0.39, 0.29) is 11.7 Å². The molecule has 36 heavy (non-hydrogen) atoms. The molecule has 0 aromatic heterocycles. The van der Waals surface area contributed by atoms with E-state index in [2.05, 4.69) is 40.8 Å². The van der Waals surface area contributed by atoms with Crippen molar-refractivity contribution in [3.8, 4) is 0 Å². The fraction of sp³-hybridized carbons (Fsp3) is 0.333. The topological polar surface area (TPSA) is 73.5 Å². The molecule has 1 aliphatic carbocycles. The molecule has 1 aliphatic heterocycles. The highest BCUT2D eigenvalue weighted by Gasteiger charge is 2.27. The van der Waals surface area contributed by atoms with Crippen molar-refractivity contribution in [2.75, 3.05) is 42.1 Å². The molecular weight excluding hydrogens is 448 g/mol. The van der Waals surface area contributed by atoms with Gasteiger partial charge in [-0.15, -0.1) is 0 Å². The maximum Gasteiger partial charge on any atom is 0.255 e. The third-order valence-corrected chi connectivity index (χ3v) is 7.42. The van der Waals surface area contributed by atoms with Crippen molar-refractivity contribution >= 4 is 34.4 Å². The first-order valence-corrected chi connectivity index (χ1v) is 12.9. The van der Waals surface area contributed by atoms with Crippen molar-refractivity contribution in [3.05, 3.63) is 82.4 Å². The van der Waals surface area contributed by atoms with Crippen LogP contribution in [0.25, 0.3) is 0 Å². The molecule has 186 valence electrons. The molecule has 1 heterocycles. The van der Waals surface area contributed by atoms with Gasteiger partial charge < -0.3 is 20.9 Å². The van der Waals surface area contributed by atoms with Gasteiger partial charge in [-0.05, 0) is 105 Å². The van der Waals surface area contributed by atoms with Crippen LogP contribution in [0.4, 0.5) is 22.7 Å². The van der Waals surface area contributed by atoms with Crippen LogP contribution in [0.15, 0.2) is 54.6 Å². The number of fused-ring (bicyclic) bond motifs is 1. The molecule has 0 unspecified atom stereocenters. The summed E-state index contributed by atoms with van der Waals surface area (Å²) in [4.78, 5) is 28.3. The molecule has 6 nitrogen and oxygen atoms in total. The minimum Gasteiger partial charge on any atom is -0.384 e. The van der Waals surface area contributed by atoms with Crippen LogP contribution in [0.5, 0.6) is 0 Å². The van der Waals surface area contributed by atoms with Crippen LogP contribution in [0.3, 0.4) is 0 Å². The second kappa shape index (κ2) is 10.5. The van der Waals surface area contributed by atoms with Crippen molar-refractivity contribution in [3.63, 3.8) is 0 Å². The second-order valence-corrected chi connectivity index (χ2v) is 9.82. The zero-order chi connectivity index (χ0) is 25.1. The molecule has 1 fully saturated rings. The average Bonchev–Trinajstić information content (AvgIpc) is 3.54. The summed E-state index contributed by atoms with van der Waals surface area (Å²) in [6.07, 6.45) is 3.72. The van der Waals surface area contributed by atoms with Crippen LogP contribution in [-0.4, -0.2) is 42.8 Å². The van der Waals surface area contributed by atoms with Gasteiger partial charge >= 0.3 is 0 Å². The van der Waals surface area contributed by atoms with Crippen LogP contribution in [0.1, 0.15) is 56.7 Å². The van der Waals surface area contributed by atoms with E-state index in [0.29, 0.717) is 29.7 Å². The number of nitrogens with zero attached hydrogens (tertiary/aromatic N) is 1. The number of Topliss-reactive ketones (excluding diaryl/α,β-unsaturated/α-hetero) is 1. The first-order chi connectivity index (χ1) is 17.5. The number of nitrogens with one attached hydrogen (secondary N) is 3. The van der Waals surface area contributed by atoms with Gasteiger partial charge in [0, 0.05) is 47.7 Å². The molecule has 0 bridgehead atoms. The van der Waals surface area contributed by atoms with Crippen LogP contribution < -0.4 is 16.0 Å². The SMILES string of the molecule is Cc1cccc(Nc2ccc(NC(=O)c3ccc(NCCN4CCCC4)cc3)c3c2CCC3=O)c1C. The molecule has 1 amide bonds. The number of likely N-dealkylation sites (tertiary alicyclic amines) is 1. The smallest absolute Gasteiger partial charge is 0.255 e. The summed E-state index contributed by atoms with van der Waals surface area (Å²) in [5, 5.41) is 9.93. The lowest BCUT2D eigenvalue weighted by atomic mass is 10.0. The van der Waals surface area contributed by atoms with E-state index in [4.69, 9.17) is 0 Å². The summed E-state index contributed by atoms with van der Waals surface area (Å²) in [5.74, 6) is -0.141. The molecule has 6 heteroatoms. The lowest BCUT2D eigenvalue weighted by Gasteiger charge is -2.17. The number of rotatable bonds is 8. The molecule has 5 rings (SSSR count). The number of hydrogen-bond acceptors (Lipinski definition) is 5. The van der Waals surface area contributed by atoms with Gasteiger partial charge in [0.2, 0.25) is 0 Å². The number of carbonyl (C=O) groups is 2. The maximum absolute atomic E-state index is 13.0. The predicted molar refractivity (Wildman–Crippen MR) is 147 cm³/mol. The normalized spacial score (nSPS) is 15.1. The summed E-state index contributed by atoms with van der Waals surface area (Å²) in [6.45, 7) is 8.49. The van der Waals surface area contributed by atoms with Crippen molar-refractivity contribution in [2.24, 2.45) is 0 Å². The summed E-state index contributed by atoms with van der Waals surface area (Å²) < 4.78 is 0. The number of anilines is 4. The molecule has 0 saturated carbocycles. The minimum atomic E-state index is -0.212. The Labute approximate surface area is 213 Å². The van der Waals surface area contributed by atoms with Gasteiger partial charge in [-0.2, -0.15) is 0 Å². The second-order valence-electron chi connectivity index (χ2n) is 9.82. The lowest BCUT2D eigenvalue weighted by Crippen LogP contribution is -2.25. The van der Waals surface area contributed by atoms with E-state index in [1.54, 1.807) is 0 Å². The van der Waals surface area contributed by atoms with E-state index >= 15 is 0 Å². The Morgan fingerprint density at radius 1 is 0.889 bits per heavy atom. The summed E-state index contributed by atoms with van der Waals surface area (Å²) in [7, 11) is 0.